The molecule has 1 atom stereocenters. The van der Waals surface area contributed by atoms with Crippen LogP contribution < -0.4 is 0 Å². The van der Waals surface area contributed by atoms with Crippen LogP contribution in [-0.4, -0.2) is 24.3 Å². The van der Waals surface area contributed by atoms with Crippen molar-refractivity contribution in [2.45, 2.75) is 39.7 Å². The van der Waals surface area contributed by atoms with Crippen molar-refractivity contribution in [3.8, 4) is 0 Å². The normalized spacial score (nSPS) is 14.1. The number of aliphatic hydroxyl groups excluding tert-OH is 1. The summed E-state index contributed by atoms with van der Waals surface area (Å²) in [7, 11) is 1.33. The Morgan fingerprint density at radius 2 is 2.08 bits per heavy atom. The second kappa shape index (κ2) is 4.45. The molecule has 0 aromatic rings. The van der Waals surface area contributed by atoms with Crippen LogP contribution in [0.4, 0.5) is 0 Å². The van der Waals surface area contributed by atoms with Crippen molar-refractivity contribution in [3.63, 3.8) is 0 Å². The van der Waals surface area contributed by atoms with E-state index in [1.165, 1.54) is 7.11 Å². The molecule has 12 heavy (non-hydrogen) atoms. The standard InChI is InChI=1S/C9H18O3/c1-5-9(2,3)7(10)6-8(11)12-4/h7,10H,5-6H2,1-4H3. The Labute approximate surface area is 73.7 Å². The summed E-state index contributed by atoms with van der Waals surface area (Å²) in [4.78, 5) is 10.8. The van der Waals surface area contributed by atoms with Crippen LogP contribution in [0.3, 0.4) is 0 Å². The van der Waals surface area contributed by atoms with Crippen LogP contribution in [0.15, 0.2) is 0 Å². The molecule has 3 heteroatoms. The third kappa shape index (κ3) is 3.22. The second-order valence-electron chi connectivity index (χ2n) is 3.64. The molecule has 0 aliphatic rings. The molecule has 0 saturated heterocycles. The van der Waals surface area contributed by atoms with Gasteiger partial charge in [0.15, 0.2) is 0 Å². The largest absolute Gasteiger partial charge is 0.469 e. The fourth-order valence-corrected chi connectivity index (χ4v) is 0.753. The molecule has 1 N–H and O–H groups in total. The Kier molecular flexibility index (Phi) is 4.24. The molecule has 0 heterocycles. The van der Waals surface area contributed by atoms with Crippen LogP contribution in [-0.2, 0) is 9.53 Å². The summed E-state index contributed by atoms with van der Waals surface area (Å²) < 4.78 is 4.46. The molecule has 0 saturated carbocycles. The van der Waals surface area contributed by atoms with Gasteiger partial charge in [-0.05, 0) is 11.8 Å². The first-order valence-electron chi connectivity index (χ1n) is 4.19. The predicted octanol–water partition coefficient (Wildman–Crippen LogP) is 1.35. The van der Waals surface area contributed by atoms with Gasteiger partial charge < -0.3 is 9.84 Å². The van der Waals surface area contributed by atoms with Crippen LogP contribution in [0.5, 0.6) is 0 Å². The Morgan fingerprint density at radius 3 is 2.42 bits per heavy atom. The molecule has 0 spiro atoms. The summed E-state index contributed by atoms with van der Waals surface area (Å²) in [5, 5.41) is 9.58. The molecule has 3 nitrogen and oxygen atoms in total. The summed E-state index contributed by atoms with van der Waals surface area (Å²) >= 11 is 0. The van der Waals surface area contributed by atoms with Gasteiger partial charge in [-0.15, -0.1) is 0 Å². The zero-order valence-corrected chi connectivity index (χ0v) is 8.26. The van der Waals surface area contributed by atoms with E-state index in [-0.39, 0.29) is 17.8 Å². The zero-order chi connectivity index (χ0) is 9.78. The molecule has 0 amide bonds. The van der Waals surface area contributed by atoms with Crippen LogP contribution in [0.25, 0.3) is 0 Å². The third-order valence-corrected chi connectivity index (χ3v) is 2.40. The zero-order valence-electron chi connectivity index (χ0n) is 8.26. The second-order valence-corrected chi connectivity index (χ2v) is 3.64. The van der Waals surface area contributed by atoms with Gasteiger partial charge in [-0.2, -0.15) is 0 Å². The van der Waals surface area contributed by atoms with Gasteiger partial charge in [0.1, 0.15) is 0 Å². The molecule has 0 aliphatic carbocycles. The summed E-state index contributed by atoms with van der Waals surface area (Å²) in [6.07, 6.45) is 0.303. The maximum Gasteiger partial charge on any atom is 0.308 e. The summed E-state index contributed by atoms with van der Waals surface area (Å²) in [5.41, 5.74) is -0.214. The number of esters is 1. The van der Waals surface area contributed by atoms with Crippen molar-refractivity contribution in [2.75, 3.05) is 7.11 Å². The van der Waals surface area contributed by atoms with Crippen molar-refractivity contribution in [2.24, 2.45) is 5.41 Å². The van der Waals surface area contributed by atoms with Crippen LogP contribution in [0.1, 0.15) is 33.6 Å². The lowest BCUT2D eigenvalue weighted by Gasteiger charge is -2.28. The highest BCUT2D eigenvalue weighted by atomic mass is 16.5. The fourth-order valence-electron chi connectivity index (χ4n) is 0.753. The highest BCUT2D eigenvalue weighted by Crippen LogP contribution is 2.26. The minimum atomic E-state index is -0.616. The van der Waals surface area contributed by atoms with E-state index in [2.05, 4.69) is 4.74 Å². The SMILES string of the molecule is CCC(C)(C)C(O)CC(=O)OC. The number of carbonyl (C=O) groups excluding carboxylic acids is 1. The first-order valence-corrected chi connectivity index (χ1v) is 4.19. The summed E-state index contributed by atoms with van der Waals surface area (Å²) in [6.45, 7) is 5.85. The van der Waals surface area contributed by atoms with E-state index in [9.17, 15) is 9.90 Å². The first kappa shape index (κ1) is 11.4. The molecule has 0 aromatic heterocycles. The molecule has 1 unspecified atom stereocenters. The smallest absolute Gasteiger partial charge is 0.308 e. The topological polar surface area (TPSA) is 46.5 Å². The number of hydrogen-bond donors (Lipinski definition) is 1. The number of aliphatic hydroxyl groups is 1. The van der Waals surface area contributed by atoms with E-state index in [0.29, 0.717) is 0 Å². The molecule has 0 fully saturated rings. The number of methoxy groups -OCH3 is 1. The first-order chi connectivity index (χ1) is 5.44. The van der Waals surface area contributed by atoms with Crippen molar-refractivity contribution in [1.82, 2.24) is 0 Å². The molecule has 0 rings (SSSR count). The minimum absolute atomic E-state index is 0.0807. The average Bonchev–Trinajstić information content (AvgIpc) is 2.04. The van der Waals surface area contributed by atoms with E-state index >= 15 is 0 Å². The number of hydrogen-bond acceptors (Lipinski definition) is 3. The third-order valence-electron chi connectivity index (χ3n) is 2.40. The van der Waals surface area contributed by atoms with E-state index < -0.39 is 6.10 Å². The summed E-state index contributed by atoms with van der Waals surface area (Å²) in [6, 6.07) is 0. The van der Waals surface area contributed by atoms with Crippen molar-refractivity contribution < 1.29 is 14.6 Å². The van der Waals surface area contributed by atoms with Crippen LogP contribution in [0.2, 0.25) is 0 Å². The van der Waals surface area contributed by atoms with Crippen molar-refractivity contribution in [3.05, 3.63) is 0 Å². The fraction of sp³-hybridized carbons (Fsp3) is 0.889. The predicted molar refractivity (Wildman–Crippen MR) is 46.7 cm³/mol. The molecular formula is C9H18O3. The molecule has 0 radical (unpaired) electrons. The minimum Gasteiger partial charge on any atom is -0.469 e. The van der Waals surface area contributed by atoms with E-state index in [4.69, 9.17) is 0 Å². The number of rotatable bonds is 4. The number of carbonyl (C=O) groups is 1. The van der Waals surface area contributed by atoms with Gasteiger partial charge in [0.2, 0.25) is 0 Å². The maximum atomic E-state index is 10.8. The lowest BCUT2D eigenvalue weighted by atomic mass is 9.82. The van der Waals surface area contributed by atoms with Gasteiger partial charge in [0, 0.05) is 0 Å². The van der Waals surface area contributed by atoms with E-state index in [1.54, 1.807) is 0 Å². The number of ether oxygens (including phenoxy) is 1. The lowest BCUT2D eigenvalue weighted by Crippen LogP contribution is -2.31. The monoisotopic (exact) mass is 174 g/mol. The van der Waals surface area contributed by atoms with E-state index in [1.807, 2.05) is 20.8 Å². The molecular weight excluding hydrogens is 156 g/mol. The van der Waals surface area contributed by atoms with Gasteiger partial charge in [-0.1, -0.05) is 20.8 Å². The molecule has 0 aliphatic heterocycles. The van der Waals surface area contributed by atoms with E-state index in [0.717, 1.165) is 6.42 Å². The van der Waals surface area contributed by atoms with Gasteiger partial charge in [-0.3, -0.25) is 4.79 Å². The van der Waals surface area contributed by atoms with Gasteiger partial charge in [-0.25, -0.2) is 0 Å². The average molecular weight is 174 g/mol. The Hall–Kier alpha value is -0.570. The Bertz CT molecular complexity index is 152. The van der Waals surface area contributed by atoms with Gasteiger partial charge >= 0.3 is 5.97 Å². The summed E-state index contributed by atoms with van der Waals surface area (Å²) in [5.74, 6) is -0.357. The highest BCUT2D eigenvalue weighted by molar-refractivity contribution is 5.69. The van der Waals surface area contributed by atoms with Gasteiger partial charge in [0.25, 0.3) is 0 Å². The highest BCUT2D eigenvalue weighted by Gasteiger charge is 2.27. The molecule has 0 bridgehead atoms. The Morgan fingerprint density at radius 1 is 1.58 bits per heavy atom. The van der Waals surface area contributed by atoms with Crippen LogP contribution in [0, 0.1) is 5.41 Å². The van der Waals surface area contributed by atoms with Crippen molar-refractivity contribution in [1.29, 1.82) is 0 Å². The Balaban J connectivity index is 4.02. The van der Waals surface area contributed by atoms with Crippen molar-refractivity contribution >= 4 is 5.97 Å². The molecule has 0 aromatic carbocycles. The van der Waals surface area contributed by atoms with Crippen LogP contribution >= 0.6 is 0 Å². The lowest BCUT2D eigenvalue weighted by molar-refractivity contribution is -0.144. The maximum absolute atomic E-state index is 10.8. The quantitative estimate of drug-likeness (QED) is 0.654. The van der Waals surface area contributed by atoms with Gasteiger partial charge in [0.05, 0.1) is 19.6 Å². The molecule has 72 valence electrons.